The van der Waals surface area contributed by atoms with E-state index in [-0.39, 0.29) is 47.2 Å². The second-order valence-corrected chi connectivity index (χ2v) is 13.6. The number of nitrogens with one attached hydrogen (secondary N) is 4. The lowest BCUT2D eigenvalue weighted by Gasteiger charge is -2.38. The van der Waals surface area contributed by atoms with Crippen LogP contribution in [-0.2, 0) is 19.2 Å². The van der Waals surface area contributed by atoms with E-state index in [1.807, 2.05) is 45.0 Å². The van der Waals surface area contributed by atoms with E-state index in [4.69, 9.17) is 0 Å². The Labute approximate surface area is 246 Å². The van der Waals surface area contributed by atoms with Gasteiger partial charge < -0.3 is 25.8 Å². The first kappa shape index (κ1) is 29.5. The van der Waals surface area contributed by atoms with Crippen LogP contribution < -0.4 is 16.0 Å². The molecule has 2 aliphatic heterocycles. The molecule has 3 fully saturated rings. The number of hydrogen-bond donors (Lipinski definition) is 4. The highest BCUT2D eigenvalue weighted by molar-refractivity contribution is 6.02. The average Bonchev–Trinajstić information content (AvgIpc) is 3.45. The Balaban J connectivity index is 1.37. The van der Waals surface area contributed by atoms with Crippen molar-refractivity contribution in [2.45, 2.75) is 65.6 Å². The smallest absolute Gasteiger partial charge is 0.268 e. The van der Waals surface area contributed by atoms with E-state index in [1.54, 1.807) is 11.0 Å². The topological polar surface area (TPSA) is 140 Å². The van der Waals surface area contributed by atoms with Crippen molar-refractivity contribution in [3.63, 3.8) is 0 Å². The molecule has 2 aromatic rings. The highest BCUT2D eigenvalue weighted by Gasteiger charge is 2.69. The van der Waals surface area contributed by atoms with Crippen molar-refractivity contribution in [3.8, 4) is 0 Å². The van der Waals surface area contributed by atoms with Gasteiger partial charge in [0.05, 0.1) is 6.04 Å². The number of carbonyl (C=O) groups excluding carboxylic acids is 5. The van der Waals surface area contributed by atoms with Crippen molar-refractivity contribution in [1.82, 2.24) is 25.8 Å². The Bertz CT molecular complexity index is 1420. The van der Waals surface area contributed by atoms with Crippen LogP contribution in [0.15, 0.2) is 43.0 Å². The molecule has 1 aliphatic carbocycles. The molecule has 1 aromatic carbocycles. The normalized spacial score (nSPS) is 25.7. The Morgan fingerprint density at radius 3 is 2.50 bits per heavy atom. The van der Waals surface area contributed by atoms with Crippen LogP contribution in [0.3, 0.4) is 0 Å². The maximum atomic E-state index is 14.2. The van der Waals surface area contributed by atoms with Gasteiger partial charge >= 0.3 is 0 Å². The first-order chi connectivity index (χ1) is 19.7. The number of hydrogen-bond acceptors (Lipinski definition) is 5. The molecule has 0 spiro atoms. The summed E-state index contributed by atoms with van der Waals surface area (Å²) in [6.07, 6.45) is 1.92. The molecular formula is C32H41N5O5. The molecule has 0 bridgehead atoms. The number of nitrogens with zero attached hydrogens (tertiary/aromatic N) is 1. The zero-order chi connectivity index (χ0) is 30.6. The lowest BCUT2D eigenvalue weighted by Crippen LogP contribution is -2.60. The molecule has 224 valence electrons. The maximum Gasteiger partial charge on any atom is 0.268 e. The minimum absolute atomic E-state index is 0.0826. The van der Waals surface area contributed by atoms with E-state index < -0.39 is 35.4 Å². The van der Waals surface area contributed by atoms with Crippen LogP contribution in [0.1, 0.15) is 57.9 Å². The standard InChI is InChI=1S/C32H41N5O5/c1-7-23(38)21(15-18-12-13-33-27(18)39)35-29(41)25-24-19(32(24,5)6)16-37(25)30(42)26(31(2,3)4)36-28(40)22-14-17-10-8-9-11-20(17)34-22/h7-11,14,18-19,21,24-26,34H,1,12-13,15-16H2,2-6H3,(H,33,39)(H,35,41)(H,36,40)/t18-,19-,21-,24-,25-,26+/m0/s1. The first-order valence-corrected chi connectivity index (χ1v) is 14.7. The van der Waals surface area contributed by atoms with Gasteiger partial charge in [0.1, 0.15) is 17.8 Å². The summed E-state index contributed by atoms with van der Waals surface area (Å²) in [6, 6.07) is 6.68. The van der Waals surface area contributed by atoms with Crippen LogP contribution in [0.5, 0.6) is 0 Å². The first-order valence-electron chi connectivity index (χ1n) is 14.7. The van der Waals surface area contributed by atoms with E-state index in [0.29, 0.717) is 25.2 Å². The predicted molar refractivity (Wildman–Crippen MR) is 158 cm³/mol. The molecule has 5 rings (SSSR count). The Hall–Kier alpha value is -3.95. The Morgan fingerprint density at radius 2 is 1.88 bits per heavy atom. The number of rotatable bonds is 9. The summed E-state index contributed by atoms with van der Waals surface area (Å²) < 4.78 is 0. The van der Waals surface area contributed by atoms with Gasteiger partial charge in [-0.15, -0.1) is 0 Å². The molecule has 4 N–H and O–H groups in total. The molecule has 10 nitrogen and oxygen atoms in total. The van der Waals surface area contributed by atoms with E-state index in [1.165, 1.54) is 0 Å². The summed E-state index contributed by atoms with van der Waals surface area (Å²) in [4.78, 5) is 71.1. The van der Waals surface area contributed by atoms with Gasteiger partial charge in [0.2, 0.25) is 17.7 Å². The molecule has 3 heterocycles. The van der Waals surface area contributed by atoms with Crippen molar-refractivity contribution in [3.05, 3.63) is 48.7 Å². The van der Waals surface area contributed by atoms with Crippen LogP contribution in [0.25, 0.3) is 10.9 Å². The number of piperidine rings is 1. The van der Waals surface area contributed by atoms with Crippen LogP contribution in [0, 0.1) is 28.6 Å². The van der Waals surface area contributed by atoms with Crippen LogP contribution >= 0.6 is 0 Å². The van der Waals surface area contributed by atoms with Crippen molar-refractivity contribution in [2.75, 3.05) is 13.1 Å². The Morgan fingerprint density at radius 1 is 1.17 bits per heavy atom. The molecule has 2 saturated heterocycles. The van der Waals surface area contributed by atoms with Gasteiger partial charge in [-0.1, -0.05) is 59.4 Å². The zero-order valence-corrected chi connectivity index (χ0v) is 25.0. The highest BCUT2D eigenvalue weighted by atomic mass is 16.2. The lowest BCUT2D eigenvalue weighted by atomic mass is 9.85. The van der Waals surface area contributed by atoms with Gasteiger partial charge in [0.25, 0.3) is 5.91 Å². The van der Waals surface area contributed by atoms with Gasteiger partial charge in [0.15, 0.2) is 5.78 Å². The van der Waals surface area contributed by atoms with E-state index in [9.17, 15) is 24.0 Å². The molecule has 10 heteroatoms. The van der Waals surface area contributed by atoms with Crippen molar-refractivity contribution >= 4 is 40.3 Å². The number of fused-ring (bicyclic) bond motifs is 2. The third kappa shape index (κ3) is 5.34. The van der Waals surface area contributed by atoms with Crippen molar-refractivity contribution in [1.29, 1.82) is 0 Å². The third-order valence-corrected chi connectivity index (χ3v) is 9.47. The molecular weight excluding hydrogens is 534 g/mol. The maximum absolute atomic E-state index is 14.2. The summed E-state index contributed by atoms with van der Waals surface area (Å²) in [5, 5.41) is 9.46. The summed E-state index contributed by atoms with van der Waals surface area (Å²) in [7, 11) is 0. The molecule has 0 unspecified atom stereocenters. The summed E-state index contributed by atoms with van der Waals surface area (Å²) in [5.74, 6) is -2.01. The predicted octanol–water partition coefficient (Wildman–Crippen LogP) is 2.56. The van der Waals surface area contributed by atoms with E-state index in [2.05, 4.69) is 41.4 Å². The molecule has 4 amide bonds. The number of carbonyl (C=O) groups is 5. The van der Waals surface area contributed by atoms with Crippen LogP contribution in [0.4, 0.5) is 0 Å². The van der Waals surface area contributed by atoms with Crippen molar-refractivity contribution in [2.24, 2.45) is 28.6 Å². The monoisotopic (exact) mass is 575 g/mol. The number of aromatic nitrogens is 1. The fourth-order valence-corrected chi connectivity index (χ4v) is 6.83. The summed E-state index contributed by atoms with van der Waals surface area (Å²) in [6.45, 7) is 14.3. The number of para-hydroxylation sites is 1. The highest BCUT2D eigenvalue weighted by Crippen LogP contribution is 2.65. The number of ketones is 1. The second kappa shape index (κ2) is 10.7. The summed E-state index contributed by atoms with van der Waals surface area (Å²) >= 11 is 0. The van der Waals surface area contributed by atoms with Gasteiger partial charge in [0, 0.05) is 29.9 Å². The fraction of sp³-hybridized carbons (Fsp3) is 0.531. The third-order valence-electron chi connectivity index (χ3n) is 9.47. The van der Waals surface area contributed by atoms with E-state index in [0.717, 1.165) is 17.0 Å². The Kier molecular flexibility index (Phi) is 7.53. The fourth-order valence-electron chi connectivity index (χ4n) is 6.83. The SMILES string of the molecule is C=CC(=O)[C@H](C[C@@H]1CCNC1=O)NC(=O)[C@@H]1[C@@H]2[C@H](CN1C(=O)[C@@H](NC(=O)c1cc3ccccc3[nH]1)C(C)(C)C)C2(C)C. The molecule has 42 heavy (non-hydrogen) atoms. The quantitative estimate of drug-likeness (QED) is 0.340. The minimum atomic E-state index is -0.915. The van der Waals surface area contributed by atoms with E-state index >= 15 is 0 Å². The molecule has 3 aliphatic rings. The molecule has 0 radical (unpaired) electrons. The second-order valence-electron chi connectivity index (χ2n) is 13.6. The van der Waals surface area contributed by atoms with Gasteiger partial charge in [-0.25, -0.2) is 0 Å². The van der Waals surface area contributed by atoms with Crippen LogP contribution in [-0.4, -0.2) is 70.5 Å². The number of H-pyrrole nitrogens is 1. The number of likely N-dealkylation sites (tertiary alicyclic amines) is 1. The molecule has 6 atom stereocenters. The molecule has 1 aromatic heterocycles. The number of amides is 4. The lowest BCUT2D eigenvalue weighted by molar-refractivity contribution is -0.144. The van der Waals surface area contributed by atoms with Gasteiger partial charge in [-0.3, -0.25) is 24.0 Å². The number of benzene rings is 1. The zero-order valence-electron chi connectivity index (χ0n) is 25.0. The average molecular weight is 576 g/mol. The summed E-state index contributed by atoms with van der Waals surface area (Å²) in [5.41, 5.74) is 0.366. The van der Waals surface area contributed by atoms with Crippen LogP contribution in [0.2, 0.25) is 0 Å². The molecule has 1 saturated carbocycles. The minimum Gasteiger partial charge on any atom is -0.356 e. The van der Waals surface area contributed by atoms with Gasteiger partial charge in [-0.2, -0.15) is 0 Å². The van der Waals surface area contributed by atoms with Gasteiger partial charge in [-0.05, 0) is 53.7 Å². The van der Waals surface area contributed by atoms with Crippen molar-refractivity contribution < 1.29 is 24.0 Å². The largest absolute Gasteiger partial charge is 0.356 e. The number of aromatic amines is 1.